The summed E-state index contributed by atoms with van der Waals surface area (Å²) in [4.78, 5) is 11.8. The molecule has 0 aliphatic rings. The summed E-state index contributed by atoms with van der Waals surface area (Å²) in [6.07, 6.45) is 1.40. The summed E-state index contributed by atoms with van der Waals surface area (Å²) in [5.74, 6) is -0.167. The fourth-order valence-corrected chi connectivity index (χ4v) is 2.10. The monoisotopic (exact) mass is 426 g/mol. The Kier molecular flexibility index (Phi) is 7.13. The Morgan fingerprint density at radius 1 is 1.61 bits per heavy atom. The molecule has 1 unspecified atom stereocenters. The van der Waals surface area contributed by atoms with Crippen molar-refractivity contribution in [3.8, 4) is 0 Å². The second-order valence-electron chi connectivity index (χ2n) is 3.86. The van der Waals surface area contributed by atoms with Gasteiger partial charge < -0.3 is 15.8 Å². The number of methoxy groups -OCH3 is 1. The van der Waals surface area contributed by atoms with Crippen LogP contribution in [0.1, 0.15) is 12.8 Å². The topological polar surface area (TPSA) is 64.3 Å². The van der Waals surface area contributed by atoms with Gasteiger partial charge in [-0.15, -0.1) is 0 Å². The van der Waals surface area contributed by atoms with Gasteiger partial charge in [-0.3, -0.25) is 4.79 Å². The molecule has 4 nitrogen and oxygen atoms in total. The van der Waals surface area contributed by atoms with Crippen LogP contribution in [0.2, 0.25) is 0 Å². The highest BCUT2D eigenvalue weighted by atomic mass is 127. The van der Waals surface area contributed by atoms with Crippen molar-refractivity contribution in [1.82, 2.24) is 0 Å². The standard InChI is InChI=1S/C12H16BrIN2O2/c1-18-6-2-3-11(15)12(17)16-8-4-5-10(14)9(13)7-8/h4-5,7,11H,2-3,6,15H2,1H3,(H,16,17). The molecular formula is C12H16BrIN2O2. The van der Waals surface area contributed by atoms with Crippen LogP contribution in [0.3, 0.4) is 0 Å². The first kappa shape index (κ1) is 15.9. The third-order valence-corrected chi connectivity index (χ3v) is 4.73. The number of ether oxygens (including phenoxy) is 1. The maximum absolute atomic E-state index is 11.8. The maximum Gasteiger partial charge on any atom is 0.241 e. The van der Waals surface area contributed by atoms with Crippen LogP contribution < -0.4 is 11.1 Å². The van der Waals surface area contributed by atoms with E-state index in [1.54, 1.807) is 7.11 Å². The minimum absolute atomic E-state index is 0.167. The van der Waals surface area contributed by atoms with Crippen molar-refractivity contribution in [1.29, 1.82) is 0 Å². The third kappa shape index (κ3) is 5.21. The molecule has 1 amide bonds. The van der Waals surface area contributed by atoms with E-state index in [-0.39, 0.29) is 5.91 Å². The van der Waals surface area contributed by atoms with Gasteiger partial charge in [0.1, 0.15) is 0 Å². The molecule has 0 spiro atoms. The van der Waals surface area contributed by atoms with Gasteiger partial charge >= 0.3 is 0 Å². The van der Waals surface area contributed by atoms with Gasteiger partial charge in [-0.25, -0.2) is 0 Å². The van der Waals surface area contributed by atoms with E-state index in [0.29, 0.717) is 13.0 Å². The molecule has 1 rings (SSSR count). The molecule has 1 atom stereocenters. The number of amides is 1. The molecule has 0 radical (unpaired) electrons. The van der Waals surface area contributed by atoms with Gasteiger partial charge in [0.15, 0.2) is 0 Å². The molecule has 0 aromatic heterocycles. The second kappa shape index (κ2) is 8.08. The average molecular weight is 427 g/mol. The first-order valence-corrected chi connectivity index (χ1v) is 7.42. The first-order valence-electron chi connectivity index (χ1n) is 5.55. The normalized spacial score (nSPS) is 12.2. The third-order valence-electron chi connectivity index (χ3n) is 2.39. The molecule has 0 saturated heterocycles. The predicted octanol–water partition coefficient (Wildman–Crippen LogP) is 2.75. The Morgan fingerprint density at radius 2 is 2.33 bits per heavy atom. The summed E-state index contributed by atoms with van der Waals surface area (Å²) in [7, 11) is 1.63. The number of benzene rings is 1. The summed E-state index contributed by atoms with van der Waals surface area (Å²) in [6.45, 7) is 0.621. The second-order valence-corrected chi connectivity index (χ2v) is 5.88. The smallest absolute Gasteiger partial charge is 0.241 e. The van der Waals surface area contributed by atoms with Gasteiger partial charge in [0.2, 0.25) is 5.91 Å². The van der Waals surface area contributed by atoms with Crippen LogP contribution in [0.25, 0.3) is 0 Å². The molecule has 1 aromatic carbocycles. The van der Waals surface area contributed by atoms with Crippen molar-refractivity contribution in [3.63, 3.8) is 0 Å². The number of nitrogens with two attached hydrogens (primary N) is 1. The molecule has 0 aliphatic heterocycles. The number of hydrogen-bond acceptors (Lipinski definition) is 3. The number of anilines is 1. The minimum Gasteiger partial charge on any atom is -0.385 e. The number of hydrogen-bond donors (Lipinski definition) is 2. The number of carbonyl (C=O) groups excluding carboxylic acids is 1. The van der Waals surface area contributed by atoms with Gasteiger partial charge in [-0.1, -0.05) is 0 Å². The van der Waals surface area contributed by atoms with E-state index in [4.69, 9.17) is 10.5 Å². The fraction of sp³-hybridized carbons (Fsp3) is 0.417. The molecule has 0 heterocycles. The van der Waals surface area contributed by atoms with Crippen molar-refractivity contribution in [2.24, 2.45) is 5.73 Å². The predicted molar refractivity (Wildman–Crippen MR) is 84.6 cm³/mol. The van der Waals surface area contributed by atoms with Crippen molar-refractivity contribution >= 4 is 50.1 Å². The lowest BCUT2D eigenvalue weighted by Gasteiger charge is -2.12. The fourth-order valence-electron chi connectivity index (χ4n) is 1.39. The Labute approximate surface area is 129 Å². The lowest BCUT2D eigenvalue weighted by molar-refractivity contribution is -0.117. The highest BCUT2D eigenvalue weighted by Gasteiger charge is 2.13. The molecule has 1 aromatic rings. The van der Waals surface area contributed by atoms with Gasteiger partial charge in [0.05, 0.1) is 6.04 Å². The summed E-state index contributed by atoms with van der Waals surface area (Å²) in [6, 6.07) is 5.14. The van der Waals surface area contributed by atoms with E-state index in [9.17, 15) is 4.79 Å². The summed E-state index contributed by atoms with van der Waals surface area (Å²) < 4.78 is 6.97. The molecule has 6 heteroatoms. The number of halogens is 2. The molecule has 3 N–H and O–H groups in total. The first-order chi connectivity index (χ1) is 8.54. The van der Waals surface area contributed by atoms with E-state index in [1.165, 1.54) is 0 Å². The highest BCUT2D eigenvalue weighted by molar-refractivity contribution is 14.1. The van der Waals surface area contributed by atoms with E-state index in [2.05, 4.69) is 43.8 Å². The average Bonchev–Trinajstić information content (AvgIpc) is 2.34. The van der Waals surface area contributed by atoms with Crippen LogP contribution in [-0.4, -0.2) is 25.7 Å². The maximum atomic E-state index is 11.8. The Balaban J connectivity index is 2.50. The van der Waals surface area contributed by atoms with Crippen molar-refractivity contribution in [3.05, 3.63) is 26.2 Å². The van der Waals surface area contributed by atoms with Crippen LogP contribution in [0.5, 0.6) is 0 Å². The largest absolute Gasteiger partial charge is 0.385 e. The van der Waals surface area contributed by atoms with E-state index < -0.39 is 6.04 Å². The van der Waals surface area contributed by atoms with E-state index in [1.807, 2.05) is 18.2 Å². The number of nitrogens with one attached hydrogen (secondary N) is 1. The Bertz CT molecular complexity index is 415. The van der Waals surface area contributed by atoms with Gasteiger partial charge in [-0.2, -0.15) is 0 Å². The molecule has 100 valence electrons. The Morgan fingerprint density at radius 3 is 2.94 bits per heavy atom. The summed E-state index contributed by atoms with van der Waals surface area (Å²) >= 11 is 5.63. The van der Waals surface area contributed by atoms with Crippen molar-refractivity contribution in [2.45, 2.75) is 18.9 Å². The van der Waals surface area contributed by atoms with E-state index in [0.717, 1.165) is 20.2 Å². The zero-order valence-electron chi connectivity index (χ0n) is 10.1. The molecule has 0 aliphatic carbocycles. The number of carbonyl (C=O) groups is 1. The van der Waals surface area contributed by atoms with Crippen LogP contribution in [0.4, 0.5) is 5.69 Å². The minimum atomic E-state index is -0.502. The lowest BCUT2D eigenvalue weighted by atomic mass is 10.1. The van der Waals surface area contributed by atoms with Crippen LogP contribution in [0, 0.1) is 3.57 Å². The molecule has 18 heavy (non-hydrogen) atoms. The van der Waals surface area contributed by atoms with Gasteiger partial charge in [-0.05, 0) is 69.6 Å². The lowest BCUT2D eigenvalue weighted by Crippen LogP contribution is -2.35. The van der Waals surface area contributed by atoms with Gasteiger partial charge in [0.25, 0.3) is 0 Å². The molecule has 0 saturated carbocycles. The Hall–Kier alpha value is -0.180. The molecular weight excluding hydrogens is 411 g/mol. The van der Waals surface area contributed by atoms with Crippen LogP contribution in [-0.2, 0) is 9.53 Å². The molecule has 0 bridgehead atoms. The number of rotatable bonds is 6. The zero-order chi connectivity index (χ0) is 13.5. The van der Waals surface area contributed by atoms with Crippen molar-refractivity contribution < 1.29 is 9.53 Å². The van der Waals surface area contributed by atoms with Gasteiger partial charge in [0, 0.05) is 27.4 Å². The highest BCUT2D eigenvalue weighted by Crippen LogP contribution is 2.22. The van der Waals surface area contributed by atoms with E-state index >= 15 is 0 Å². The van der Waals surface area contributed by atoms with Crippen LogP contribution in [0.15, 0.2) is 22.7 Å². The summed E-state index contributed by atoms with van der Waals surface area (Å²) in [5.41, 5.74) is 6.54. The zero-order valence-corrected chi connectivity index (χ0v) is 13.8. The molecule has 0 fully saturated rings. The SMILES string of the molecule is COCCCC(N)C(=O)Nc1ccc(I)c(Br)c1. The quantitative estimate of drug-likeness (QED) is 0.543. The van der Waals surface area contributed by atoms with Crippen molar-refractivity contribution in [2.75, 3.05) is 19.0 Å². The van der Waals surface area contributed by atoms with Crippen LogP contribution >= 0.6 is 38.5 Å². The summed E-state index contributed by atoms with van der Waals surface area (Å²) in [5, 5.41) is 2.80.